The van der Waals surface area contributed by atoms with Crippen LogP contribution in [0.2, 0.25) is 0 Å². The molecule has 196 valence electrons. The molecule has 0 saturated heterocycles. The van der Waals surface area contributed by atoms with Crippen LogP contribution in [-0.2, 0) is 12.8 Å². The van der Waals surface area contributed by atoms with Crippen LogP contribution < -0.4 is 0 Å². The number of benzene rings is 4. The topological polar surface area (TPSA) is 0 Å². The maximum Gasteiger partial charge on any atom is 0.0105 e. The smallest absolute Gasteiger partial charge is 0.0105 e. The van der Waals surface area contributed by atoms with E-state index >= 15 is 0 Å². The highest BCUT2D eigenvalue weighted by Gasteiger charge is 2.37. The van der Waals surface area contributed by atoms with Gasteiger partial charge >= 0.3 is 0 Å². The van der Waals surface area contributed by atoms with E-state index in [4.69, 9.17) is 0 Å². The zero-order valence-corrected chi connectivity index (χ0v) is 24.4. The summed E-state index contributed by atoms with van der Waals surface area (Å²) >= 11 is 0. The van der Waals surface area contributed by atoms with Gasteiger partial charge in [-0.05, 0) is 114 Å². The van der Waals surface area contributed by atoms with Gasteiger partial charge in [0.05, 0.1) is 0 Å². The average Bonchev–Trinajstić information content (AvgIpc) is 3.57. The van der Waals surface area contributed by atoms with Gasteiger partial charge in [0.25, 0.3) is 0 Å². The Kier molecular flexibility index (Phi) is 6.46. The SMILES string of the molecule is CCCC(C)(C1=Cc2c(cccc2-c2cccc(C)c2C)C1)C1=Cc2c(cccc2-c2cccc(C)c2C)C1. The molecule has 0 heteroatoms. The number of hydrogen-bond donors (Lipinski definition) is 0. The lowest BCUT2D eigenvalue weighted by atomic mass is 9.71. The highest BCUT2D eigenvalue weighted by atomic mass is 14.4. The molecule has 2 aliphatic rings. The third kappa shape index (κ3) is 4.22. The first kappa shape index (κ1) is 25.6. The van der Waals surface area contributed by atoms with Gasteiger partial charge in [-0.15, -0.1) is 0 Å². The molecule has 0 spiro atoms. The van der Waals surface area contributed by atoms with Gasteiger partial charge in [0.2, 0.25) is 0 Å². The van der Waals surface area contributed by atoms with Crippen molar-refractivity contribution in [1.82, 2.24) is 0 Å². The minimum absolute atomic E-state index is 0.0463. The maximum absolute atomic E-state index is 2.55. The number of hydrogen-bond acceptors (Lipinski definition) is 0. The maximum atomic E-state index is 2.55. The average molecular weight is 509 g/mol. The van der Waals surface area contributed by atoms with Gasteiger partial charge in [-0.2, -0.15) is 0 Å². The molecule has 0 atom stereocenters. The van der Waals surface area contributed by atoms with Gasteiger partial charge < -0.3 is 0 Å². The third-order valence-corrected chi connectivity index (χ3v) is 9.75. The normalized spacial score (nSPS) is 14.2. The van der Waals surface area contributed by atoms with Crippen LogP contribution in [0, 0.1) is 33.1 Å². The predicted octanol–water partition coefficient (Wildman–Crippen LogP) is 10.6. The summed E-state index contributed by atoms with van der Waals surface area (Å²) in [7, 11) is 0. The van der Waals surface area contributed by atoms with Gasteiger partial charge in [0.15, 0.2) is 0 Å². The van der Waals surface area contributed by atoms with E-state index in [0.717, 1.165) is 12.8 Å². The fraction of sp³-hybridized carbons (Fsp3) is 0.282. The first-order valence-corrected chi connectivity index (χ1v) is 14.6. The minimum atomic E-state index is 0.0463. The molecule has 39 heavy (non-hydrogen) atoms. The lowest BCUT2D eigenvalue weighted by Crippen LogP contribution is -2.22. The van der Waals surface area contributed by atoms with Crippen LogP contribution >= 0.6 is 0 Å². The lowest BCUT2D eigenvalue weighted by molar-refractivity contribution is 0.424. The van der Waals surface area contributed by atoms with Crippen molar-refractivity contribution in [2.75, 3.05) is 0 Å². The van der Waals surface area contributed by atoms with Gasteiger partial charge in [0.1, 0.15) is 0 Å². The second kappa shape index (κ2) is 9.83. The molecule has 0 bridgehead atoms. The number of aryl methyl sites for hydroxylation is 2. The summed E-state index contributed by atoms with van der Waals surface area (Å²) in [6.45, 7) is 13.8. The van der Waals surface area contributed by atoms with Crippen molar-refractivity contribution in [3.63, 3.8) is 0 Å². The fourth-order valence-corrected chi connectivity index (χ4v) is 7.03. The fourth-order valence-electron chi connectivity index (χ4n) is 7.03. The van der Waals surface area contributed by atoms with Crippen LogP contribution in [-0.4, -0.2) is 0 Å². The van der Waals surface area contributed by atoms with E-state index in [1.165, 1.54) is 79.6 Å². The highest BCUT2D eigenvalue weighted by Crippen LogP contribution is 2.51. The molecule has 0 amide bonds. The number of allylic oxidation sites excluding steroid dienone is 2. The summed E-state index contributed by atoms with van der Waals surface area (Å²) in [6, 6.07) is 27.3. The molecule has 0 aliphatic heterocycles. The molecule has 0 nitrogen and oxygen atoms in total. The van der Waals surface area contributed by atoms with Gasteiger partial charge in [-0.1, -0.05) is 116 Å². The summed E-state index contributed by atoms with van der Waals surface area (Å²) in [5.74, 6) is 0. The molecular formula is C39H40. The molecule has 0 radical (unpaired) electrons. The summed E-state index contributed by atoms with van der Waals surface area (Å²) in [5.41, 5.74) is 20.0. The molecule has 0 N–H and O–H groups in total. The van der Waals surface area contributed by atoms with Crippen molar-refractivity contribution in [3.05, 3.63) is 128 Å². The standard InChI is InChI=1S/C39H40/c1-7-20-39(6,31-21-29-14-10-18-35(37(29)23-31)33-16-8-12-25(2)27(33)4)32-22-30-15-11-19-36(38(30)24-32)34-17-9-13-26(3)28(34)5/h8-19,23-24H,7,20-22H2,1-6H3. The van der Waals surface area contributed by atoms with Crippen LogP contribution in [0.1, 0.15) is 71.2 Å². The Hall–Kier alpha value is -3.64. The first-order valence-electron chi connectivity index (χ1n) is 14.6. The van der Waals surface area contributed by atoms with Crippen LogP contribution in [0.25, 0.3) is 34.4 Å². The van der Waals surface area contributed by atoms with Gasteiger partial charge in [0, 0.05) is 5.41 Å². The van der Waals surface area contributed by atoms with Crippen molar-refractivity contribution < 1.29 is 0 Å². The Morgan fingerprint density at radius 3 is 1.41 bits per heavy atom. The summed E-state index contributed by atoms with van der Waals surface area (Å²) in [4.78, 5) is 0. The second-order valence-corrected chi connectivity index (χ2v) is 12.0. The molecular weight excluding hydrogens is 468 g/mol. The van der Waals surface area contributed by atoms with Crippen LogP contribution in [0.15, 0.2) is 83.9 Å². The zero-order valence-electron chi connectivity index (χ0n) is 24.4. The minimum Gasteiger partial charge on any atom is -0.0653 e. The Labute approximate surface area is 235 Å². The van der Waals surface area contributed by atoms with Crippen LogP contribution in [0.5, 0.6) is 0 Å². The van der Waals surface area contributed by atoms with E-state index in [-0.39, 0.29) is 5.41 Å². The molecule has 2 aliphatic carbocycles. The van der Waals surface area contributed by atoms with Crippen molar-refractivity contribution in [3.8, 4) is 22.3 Å². The third-order valence-electron chi connectivity index (χ3n) is 9.75. The molecule has 4 aromatic carbocycles. The molecule has 0 aromatic heterocycles. The lowest BCUT2D eigenvalue weighted by Gasteiger charge is -2.33. The first-order chi connectivity index (χ1) is 18.8. The Balaban J connectivity index is 1.44. The van der Waals surface area contributed by atoms with Crippen molar-refractivity contribution in [1.29, 1.82) is 0 Å². The van der Waals surface area contributed by atoms with Crippen molar-refractivity contribution in [2.45, 2.75) is 67.2 Å². The van der Waals surface area contributed by atoms with Crippen molar-refractivity contribution >= 4 is 12.2 Å². The molecule has 6 rings (SSSR count). The van der Waals surface area contributed by atoms with E-state index in [2.05, 4.69) is 126 Å². The monoisotopic (exact) mass is 508 g/mol. The van der Waals surface area contributed by atoms with Gasteiger partial charge in [-0.3, -0.25) is 0 Å². The Morgan fingerprint density at radius 2 is 0.974 bits per heavy atom. The summed E-state index contributed by atoms with van der Waals surface area (Å²) in [5, 5.41) is 0. The molecule has 0 fully saturated rings. The summed E-state index contributed by atoms with van der Waals surface area (Å²) in [6.07, 6.45) is 9.54. The Bertz CT molecular complexity index is 1540. The Morgan fingerprint density at radius 1 is 0.564 bits per heavy atom. The zero-order chi connectivity index (χ0) is 27.3. The number of fused-ring (bicyclic) bond motifs is 2. The predicted molar refractivity (Wildman–Crippen MR) is 169 cm³/mol. The number of rotatable bonds is 6. The molecule has 0 saturated carbocycles. The second-order valence-electron chi connectivity index (χ2n) is 12.0. The molecule has 0 unspecified atom stereocenters. The van der Waals surface area contributed by atoms with E-state index in [1.54, 1.807) is 11.1 Å². The molecule has 4 aromatic rings. The van der Waals surface area contributed by atoms with E-state index in [9.17, 15) is 0 Å². The van der Waals surface area contributed by atoms with E-state index in [0.29, 0.717) is 0 Å². The molecule has 0 heterocycles. The van der Waals surface area contributed by atoms with Crippen LogP contribution in [0.4, 0.5) is 0 Å². The van der Waals surface area contributed by atoms with Crippen molar-refractivity contribution in [2.24, 2.45) is 5.41 Å². The van der Waals surface area contributed by atoms with E-state index < -0.39 is 0 Å². The van der Waals surface area contributed by atoms with Gasteiger partial charge in [-0.25, -0.2) is 0 Å². The summed E-state index contributed by atoms with van der Waals surface area (Å²) < 4.78 is 0. The van der Waals surface area contributed by atoms with E-state index in [1.807, 2.05) is 0 Å². The van der Waals surface area contributed by atoms with Crippen LogP contribution in [0.3, 0.4) is 0 Å². The quantitative estimate of drug-likeness (QED) is 0.243. The highest BCUT2D eigenvalue weighted by molar-refractivity contribution is 5.86. The largest absolute Gasteiger partial charge is 0.0653 e.